The van der Waals surface area contributed by atoms with Crippen LogP contribution < -0.4 is 0 Å². The standard InChI is InChI=1S/C6H6O4S.C2H6O/c7-5-3-1-2-4-6(5)11(8,9)10;1-2-3/h1-4,7H,(H,8,9,10);3H,2H2,1H3. The highest BCUT2D eigenvalue weighted by molar-refractivity contribution is 7.86. The average Bonchev–Trinajstić information content (AvgIpc) is 2.04. The monoisotopic (exact) mass is 220 g/mol. The number of aromatic hydroxyl groups is 1. The van der Waals surface area contributed by atoms with Crippen LogP contribution in [-0.2, 0) is 10.1 Å². The lowest BCUT2D eigenvalue weighted by Gasteiger charge is -1.97. The van der Waals surface area contributed by atoms with Gasteiger partial charge in [0.15, 0.2) is 0 Å². The quantitative estimate of drug-likeness (QED) is 0.603. The molecule has 0 bridgehead atoms. The van der Waals surface area contributed by atoms with Crippen LogP contribution in [0.15, 0.2) is 29.2 Å². The van der Waals surface area contributed by atoms with Crippen molar-refractivity contribution in [2.45, 2.75) is 11.8 Å². The van der Waals surface area contributed by atoms with Crippen molar-refractivity contribution in [3.63, 3.8) is 0 Å². The summed E-state index contributed by atoms with van der Waals surface area (Å²) in [6.45, 7) is 1.93. The zero-order valence-electron chi connectivity index (χ0n) is 7.58. The van der Waals surface area contributed by atoms with Gasteiger partial charge in [0.05, 0.1) is 0 Å². The molecule has 80 valence electrons. The molecule has 0 amide bonds. The first-order valence-corrected chi connectivity index (χ1v) is 5.23. The number of phenols is 1. The third kappa shape index (κ3) is 4.22. The molecule has 0 heterocycles. The van der Waals surface area contributed by atoms with E-state index in [2.05, 4.69) is 0 Å². The van der Waals surface area contributed by atoms with Crippen molar-refractivity contribution in [3.8, 4) is 5.75 Å². The van der Waals surface area contributed by atoms with Crippen molar-refractivity contribution in [1.82, 2.24) is 0 Å². The van der Waals surface area contributed by atoms with Crippen molar-refractivity contribution in [1.29, 1.82) is 0 Å². The Labute approximate surface area is 82.4 Å². The molecular weight excluding hydrogens is 208 g/mol. The maximum absolute atomic E-state index is 10.4. The molecule has 1 aromatic rings. The smallest absolute Gasteiger partial charge is 0.298 e. The number of rotatable bonds is 1. The van der Waals surface area contributed by atoms with Crippen LogP contribution in [0.1, 0.15) is 6.92 Å². The van der Waals surface area contributed by atoms with E-state index in [0.717, 1.165) is 6.07 Å². The highest BCUT2D eigenvalue weighted by Crippen LogP contribution is 2.20. The van der Waals surface area contributed by atoms with E-state index in [1.54, 1.807) is 6.92 Å². The van der Waals surface area contributed by atoms with Crippen LogP contribution >= 0.6 is 0 Å². The predicted molar refractivity (Wildman–Crippen MR) is 50.7 cm³/mol. The molecule has 0 aliphatic carbocycles. The summed E-state index contributed by atoms with van der Waals surface area (Å²) in [6, 6.07) is 5.17. The van der Waals surface area contributed by atoms with Gasteiger partial charge in [-0.2, -0.15) is 8.42 Å². The van der Waals surface area contributed by atoms with E-state index in [0.29, 0.717) is 0 Å². The normalized spacial score (nSPS) is 10.2. The van der Waals surface area contributed by atoms with Gasteiger partial charge in [-0.05, 0) is 19.1 Å². The summed E-state index contributed by atoms with van der Waals surface area (Å²) >= 11 is 0. The van der Waals surface area contributed by atoms with Gasteiger partial charge >= 0.3 is 0 Å². The number of aliphatic hydroxyl groups is 1. The minimum absolute atomic E-state index is 0.250. The van der Waals surface area contributed by atoms with Crippen LogP contribution in [0, 0.1) is 0 Å². The molecule has 3 N–H and O–H groups in total. The van der Waals surface area contributed by atoms with E-state index in [4.69, 9.17) is 14.8 Å². The molecule has 0 radical (unpaired) electrons. The second-order valence-corrected chi connectivity index (χ2v) is 3.65. The molecule has 1 rings (SSSR count). The van der Waals surface area contributed by atoms with Gasteiger partial charge in [-0.3, -0.25) is 4.55 Å². The fourth-order valence-corrected chi connectivity index (χ4v) is 1.26. The summed E-state index contributed by atoms with van der Waals surface area (Å²) in [5.74, 6) is -0.449. The Morgan fingerprint density at radius 1 is 1.29 bits per heavy atom. The molecule has 0 atom stereocenters. The fraction of sp³-hybridized carbons (Fsp3) is 0.250. The maximum atomic E-state index is 10.4. The lowest BCUT2D eigenvalue weighted by molar-refractivity contribution is 0.318. The fourth-order valence-electron chi connectivity index (χ4n) is 0.675. The number of aliphatic hydroxyl groups excluding tert-OH is 1. The van der Waals surface area contributed by atoms with Crippen LogP contribution in [0.2, 0.25) is 0 Å². The zero-order valence-corrected chi connectivity index (χ0v) is 8.40. The van der Waals surface area contributed by atoms with Crippen LogP contribution in [0.3, 0.4) is 0 Å². The van der Waals surface area contributed by atoms with Gasteiger partial charge in [0.1, 0.15) is 10.6 Å². The van der Waals surface area contributed by atoms with Crippen molar-refractivity contribution in [3.05, 3.63) is 24.3 Å². The maximum Gasteiger partial charge on any atom is 0.298 e. The third-order valence-electron chi connectivity index (χ3n) is 1.14. The van der Waals surface area contributed by atoms with Crippen molar-refractivity contribution in [2.24, 2.45) is 0 Å². The van der Waals surface area contributed by atoms with Crippen molar-refractivity contribution in [2.75, 3.05) is 6.61 Å². The molecule has 0 aliphatic heterocycles. The van der Waals surface area contributed by atoms with Crippen LogP contribution in [-0.4, -0.2) is 29.8 Å². The summed E-state index contributed by atoms with van der Waals surface area (Å²) in [5.41, 5.74) is 0. The largest absolute Gasteiger partial charge is 0.506 e. The molecular formula is C8H12O5S. The van der Waals surface area contributed by atoms with Crippen LogP contribution in [0.25, 0.3) is 0 Å². The van der Waals surface area contributed by atoms with Gasteiger partial charge < -0.3 is 10.2 Å². The molecule has 5 nitrogen and oxygen atoms in total. The molecule has 14 heavy (non-hydrogen) atoms. The van der Waals surface area contributed by atoms with Gasteiger partial charge in [0, 0.05) is 6.61 Å². The SMILES string of the molecule is CCO.O=S(=O)(O)c1ccccc1O. The Bertz CT molecular complexity index is 371. The first-order valence-electron chi connectivity index (χ1n) is 3.79. The van der Waals surface area contributed by atoms with Crippen LogP contribution in [0.4, 0.5) is 0 Å². The Kier molecular flexibility index (Phi) is 5.14. The van der Waals surface area contributed by atoms with Gasteiger partial charge in [0.2, 0.25) is 0 Å². The zero-order chi connectivity index (χ0) is 11.2. The minimum atomic E-state index is -4.28. The molecule has 0 aliphatic rings. The molecule has 0 saturated carbocycles. The van der Waals surface area contributed by atoms with E-state index in [1.165, 1.54) is 18.2 Å². The molecule has 0 unspecified atom stereocenters. The number of hydrogen-bond donors (Lipinski definition) is 3. The summed E-state index contributed by atoms with van der Waals surface area (Å²) in [7, 11) is -4.28. The Morgan fingerprint density at radius 2 is 1.71 bits per heavy atom. The van der Waals surface area contributed by atoms with Crippen molar-refractivity contribution >= 4 is 10.1 Å². The number of hydrogen-bond acceptors (Lipinski definition) is 4. The lowest BCUT2D eigenvalue weighted by atomic mass is 10.3. The highest BCUT2D eigenvalue weighted by atomic mass is 32.2. The third-order valence-corrected chi connectivity index (χ3v) is 2.04. The highest BCUT2D eigenvalue weighted by Gasteiger charge is 2.12. The van der Waals surface area contributed by atoms with E-state index < -0.39 is 20.8 Å². The second-order valence-electron chi connectivity index (χ2n) is 2.26. The van der Waals surface area contributed by atoms with Gasteiger partial charge in [-0.25, -0.2) is 0 Å². The Balaban J connectivity index is 0.000000500. The molecule has 1 aromatic carbocycles. The van der Waals surface area contributed by atoms with E-state index in [1.807, 2.05) is 0 Å². The second kappa shape index (κ2) is 5.58. The molecule has 0 fully saturated rings. The summed E-state index contributed by atoms with van der Waals surface area (Å²) < 4.78 is 29.4. The van der Waals surface area contributed by atoms with E-state index >= 15 is 0 Å². The molecule has 0 aromatic heterocycles. The summed E-state index contributed by atoms with van der Waals surface area (Å²) in [6.07, 6.45) is 0. The first-order chi connectivity index (χ1) is 6.43. The summed E-state index contributed by atoms with van der Waals surface area (Å²) in [5, 5.41) is 16.5. The Hall–Kier alpha value is -1.11. The van der Waals surface area contributed by atoms with Crippen molar-refractivity contribution < 1.29 is 23.2 Å². The predicted octanol–water partition coefficient (Wildman–Crippen LogP) is 0.638. The minimum Gasteiger partial charge on any atom is -0.506 e. The van der Waals surface area contributed by atoms with Gasteiger partial charge in [-0.1, -0.05) is 12.1 Å². The average molecular weight is 220 g/mol. The van der Waals surface area contributed by atoms with E-state index in [9.17, 15) is 8.42 Å². The van der Waals surface area contributed by atoms with Gasteiger partial charge in [0.25, 0.3) is 10.1 Å². The molecule has 0 saturated heterocycles. The molecule has 6 heteroatoms. The summed E-state index contributed by atoms with van der Waals surface area (Å²) in [4.78, 5) is -0.472. The Morgan fingerprint density at radius 3 is 2.00 bits per heavy atom. The lowest BCUT2D eigenvalue weighted by Crippen LogP contribution is -1.97. The van der Waals surface area contributed by atoms with Crippen LogP contribution in [0.5, 0.6) is 5.75 Å². The first kappa shape index (κ1) is 12.9. The molecule has 0 spiro atoms. The number of para-hydroxylation sites is 1. The number of phenolic OH excluding ortho intramolecular Hbond substituents is 1. The number of benzene rings is 1. The topological polar surface area (TPSA) is 94.8 Å². The van der Waals surface area contributed by atoms with Gasteiger partial charge in [-0.15, -0.1) is 0 Å². The van der Waals surface area contributed by atoms with E-state index in [-0.39, 0.29) is 6.61 Å².